The van der Waals surface area contributed by atoms with Crippen LogP contribution in [-0.4, -0.2) is 19.3 Å². The minimum atomic E-state index is 0. The van der Waals surface area contributed by atoms with Crippen LogP contribution in [0.5, 0.6) is 11.5 Å². The van der Waals surface area contributed by atoms with Crippen molar-refractivity contribution in [2.75, 3.05) is 0 Å². The molecule has 2 aromatic heterocycles. The molecule has 0 aliphatic carbocycles. The number of benzene rings is 4. The van der Waals surface area contributed by atoms with Gasteiger partial charge in [-0.1, -0.05) is 52.0 Å². The maximum absolute atomic E-state index is 6.18. The number of fused-ring (bicyclic) bond motifs is 8. The van der Waals surface area contributed by atoms with Gasteiger partial charge < -0.3 is 9.30 Å². The Hall–Kier alpha value is -4.25. The fourth-order valence-electron chi connectivity index (χ4n) is 5.86. The molecule has 5 nitrogen and oxygen atoms in total. The zero-order valence-electron chi connectivity index (χ0n) is 23.9. The normalized spacial score (nSPS) is 14.6. The number of hydrogen-bond donors (Lipinski definition) is 0. The predicted octanol–water partition coefficient (Wildman–Crippen LogP) is 8.35. The number of hydrogen-bond acceptors (Lipinski definition) is 3. The number of para-hydroxylation sites is 4. The second-order valence-electron chi connectivity index (χ2n) is 11.5. The Labute approximate surface area is 260 Å². The predicted molar refractivity (Wildman–Crippen MR) is 162 cm³/mol. The van der Waals surface area contributed by atoms with Crippen LogP contribution in [0.2, 0.25) is 0 Å². The van der Waals surface area contributed by atoms with Crippen LogP contribution in [-0.2, 0) is 30.9 Å². The molecule has 211 valence electrons. The summed E-state index contributed by atoms with van der Waals surface area (Å²) in [5.41, 5.74) is 8.73. The van der Waals surface area contributed by atoms with Crippen LogP contribution >= 0.6 is 0 Å². The van der Waals surface area contributed by atoms with Crippen molar-refractivity contribution >= 4 is 0 Å². The summed E-state index contributed by atoms with van der Waals surface area (Å²) in [6.07, 6.45) is 3.74. The molecular formula is C36H30IrN4O-2. The summed E-state index contributed by atoms with van der Waals surface area (Å²) < 4.78 is 10.3. The van der Waals surface area contributed by atoms with Crippen LogP contribution in [0.25, 0.3) is 33.9 Å². The summed E-state index contributed by atoms with van der Waals surface area (Å²) in [5.74, 6) is 1.66. The van der Waals surface area contributed by atoms with E-state index in [0.29, 0.717) is 0 Å². The third-order valence-electron chi connectivity index (χ3n) is 8.78. The van der Waals surface area contributed by atoms with Crippen molar-refractivity contribution in [3.8, 4) is 45.4 Å². The van der Waals surface area contributed by atoms with Gasteiger partial charge in [0, 0.05) is 54.4 Å². The molecule has 8 rings (SSSR count). The molecule has 4 heterocycles. The van der Waals surface area contributed by atoms with Crippen molar-refractivity contribution in [3.63, 3.8) is 0 Å². The molecule has 0 amide bonds. The van der Waals surface area contributed by atoms with Crippen LogP contribution in [0.15, 0.2) is 110 Å². The minimum absolute atomic E-state index is 0. The van der Waals surface area contributed by atoms with Crippen molar-refractivity contribution in [2.24, 2.45) is 0 Å². The zero-order chi connectivity index (χ0) is 28.2. The van der Waals surface area contributed by atoms with Gasteiger partial charge in [-0.25, -0.2) is 0 Å². The third-order valence-corrected chi connectivity index (χ3v) is 8.78. The molecule has 0 saturated carbocycles. The van der Waals surface area contributed by atoms with Gasteiger partial charge in [-0.2, -0.15) is 29.4 Å². The molecule has 1 radical (unpaired) electrons. The van der Waals surface area contributed by atoms with E-state index < -0.39 is 0 Å². The average molecular weight is 727 g/mol. The number of aromatic nitrogens is 4. The SMILES string of the molecule is CC1(C)c2ccc[c-]c2-n2nccc2C1(C)C.[Ir].[c-]1ccccc1-c1ncn2c1-c1ccccc1Oc1ccccc1-2. The molecule has 0 bridgehead atoms. The van der Waals surface area contributed by atoms with Gasteiger partial charge in [-0.3, -0.25) is 9.67 Å². The van der Waals surface area contributed by atoms with Crippen LogP contribution in [0, 0.1) is 12.1 Å². The molecule has 0 spiro atoms. The van der Waals surface area contributed by atoms with Crippen molar-refractivity contribution in [2.45, 2.75) is 38.5 Å². The Morgan fingerprint density at radius 3 is 2.29 bits per heavy atom. The molecule has 0 N–H and O–H groups in total. The van der Waals surface area contributed by atoms with E-state index in [1.165, 1.54) is 11.3 Å². The summed E-state index contributed by atoms with van der Waals surface area (Å²) in [5, 5.41) is 4.44. The maximum Gasteiger partial charge on any atom is 0.151 e. The molecule has 0 unspecified atom stereocenters. The van der Waals surface area contributed by atoms with Crippen molar-refractivity contribution in [1.29, 1.82) is 0 Å². The summed E-state index contributed by atoms with van der Waals surface area (Å²) in [6.45, 7) is 9.18. The third kappa shape index (κ3) is 4.25. The van der Waals surface area contributed by atoms with Crippen molar-refractivity contribution in [1.82, 2.24) is 19.3 Å². The Bertz CT molecular complexity index is 1880. The van der Waals surface area contributed by atoms with E-state index in [-0.39, 0.29) is 30.9 Å². The fourth-order valence-corrected chi connectivity index (χ4v) is 5.86. The van der Waals surface area contributed by atoms with Crippen LogP contribution in [0.4, 0.5) is 0 Å². The van der Waals surface area contributed by atoms with Crippen molar-refractivity contribution in [3.05, 3.63) is 133 Å². The van der Waals surface area contributed by atoms with E-state index in [2.05, 4.69) is 78.7 Å². The van der Waals surface area contributed by atoms with Crippen LogP contribution in [0.1, 0.15) is 39.0 Å². The van der Waals surface area contributed by atoms with Gasteiger partial charge in [0.15, 0.2) is 5.75 Å². The molecule has 6 heteroatoms. The first-order valence-electron chi connectivity index (χ1n) is 13.8. The van der Waals surface area contributed by atoms with E-state index >= 15 is 0 Å². The van der Waals surface area contributed by atoms with Gasteiger partial charge in [-0.05, 0) is 41.4 Å². The summed E-state index contributed by atoms with van der Waals surface area (Å²) in [6, 6.07) is 38.9. The van der Waals surface area contributed by atoms with Crippen molar-refractivity contribution < 1.29 is 24.8 Å². The maximum atomic E-state index is 6.18. The Morgan fingerprint density at radius 1 is 0.738 bits per heavy atom. The van der Waals surface area contributed by atoms with E-state index in [9.17, 15) is 0 Å². The zero-order valence-corrected chi connectivity index (χ0v) is 26.3. The van der Waals surface area contributed by atoms with E-state index in [1.54, 1.807) is 0 Å². The molecule has 6 aromatic rings. The first-order chi connectivity index (χ1) is 19.9. The van der Waals surface area contributed by atoms with E-state index in [1.807, 2.05) is 90.0 Å². The second kappa shape index (κ2) is 10.5. The largest absolute Gasteiger partial charge is 0.454 e. The molecule has 0 saturated heterocycles. The first kappa shape index (κ1) is 27.9. The number of rotatable bonds is 1. The van der Waals surface area contributed by atoms with Gasteiger partial charge in [0.05, 0.1) is 12.0 Å². The molecule has 42 heavy (non-hydrogen) atoms. The topological polar surface area (TPSA) is 44.9 Å². The van der Waals surface area contributed by atoms with Crippen LogP contribution in [0.3, 0.4) is 0 Å². The Kier molecular flexibility index (Phi) is 7.00. The molecule has 0 fully saturated rings. The first-order valence-corrected chi connectivity index (χ1v) is 13.8. The average Bonchev–Trinajstić information content (AvgIpc) is 3.64. The van der Waals surface area contributed by atoms with Gasteiger partial charge in [-0.15, -0.1) is 41.5 Å². The van der Waals surface area contributed by atoms with E-state index in [0.717, 1.165) is 45.4 Å². The molecular weight excluding hydrogens is 697 g/mol. The van der Waals surface area contributed by atoms with Gasteiger partial charge in [0.1, 0.15) is 5.75 Å². The number of nitrogens with zero attached hydrogens (tertiary/aromatic N) is 4. The Balaban J connectivity index is 0.000000155. The monoisotopic (exact) mass is 727 g/mol. The van der Waals surface area contributed by atoms with E-state index in [4.69, 9.17) is 4.74 Å². The molecule has 4 aromatic carbocycles. The smallest absolute Gasteiger partial charge is 0.151 e. The number of ether oxygens (including phenoxy) is 1. The van der Waals surface area contributed by atoms with Gasteiger partial charge >= 0.3 is 0 Å². The standard InChI is InChI=1S/C21H13N2O.C15H17N2.Ir/c1-2-8-15(9-3-1)20-21-16-10-4-6-12-18(16)24-19-13-7-5-11-17(19)23(21)14-22-20;1-14(2)11-7-5-6-8-12(11)17-13(9-10-16-17)15(14,3)4;/h1-8,10-14H;5-7,9-10H,1-4H3;/q2*-1;. The fraction of sp³-hybridized carbons (Fsp3) is 0.167. The minimum Gasteiger partial charge on any atom is -0.454 e. The molecule has 0 atom stereocenters. The second-order valence-corrected chi connectivity index (χ2v) is 11.5. The van der Waals surface area contributed by atoms with Gasteiger partial charge in [0.2, 0.25) is 0 Å². The Morgan fingerprint density at radius 2 is 1.48 bits per heavy atom. The molecule has 2 aliphatic heterocycles. The summed E-state index contributed by atoms with van der Waals surface area (Å²) in [4.78, 5) is 4.68. The quantitative estimate of drug-likeness (QED) is 0.160. The molecule has 2 aliphatic rings. The number of imidazole rings is 1. The summed E-state index contributed by atoms with van der Waals surface area (Å²) in [7, 11) is 0. The van der Waals surface area contributed by atoms with Crippen LogP contribution < -0.4 is 4.74 Å². The summed E-state index contributed by atoms with van der Waals surface area (Å²) >= 11 is 0. The van der Waals surface area contributed by atoms with Gasteiger partial charge in [0.25, 0.3) is 0 Å².